The number of phenols is 1. The van der Waals surface area contributed by atoms with Crippen molar-refractivity contribution in [2.45, 2.75) is 30.6 Å². The molecule has 0 spiro atoms. The Hall–Kier alpha value is -3.04. The first-order valence-corrected chi connectivity index (χ1v) is 11.6. The van der Waals surface area contributed by atoms with Crippen LogP contribution in [0.2, 0.25) is 0 Å². The summed E-state index contributed by atoms with van der Waals surface area (Å²) in [5.41, 5.74) is 1.42. The highest BCUT2D eigenvalue weighted by atomic mass is 32.2. The molecule has 5 rings (SSSR count). The first kappa shape index (κ1) is 20.8. The number of hydrogen-bond donors (Lipinski definition) is 1. The van der Waals surface area contributed by atoms with Gasteiger partial charge in [-0.3, -0.25) is 9.36 Å². The molecule has 8 nitrogen and oxygen atoms in total. The SMILES string of the molecule is O=C(CSc1nnc(-c2ccc(O)cc2)n1C[C@@H]1CCCO1)c1ccc2c(c1)OCCO2. The molecule has 2 aliphatic rings. The fourth-order valence-corrected chi connectivity index (χ4v) is 4.65. The Morgan fingerprint density at radius 3 is 2.66 bits per heavy atom. The lowest BCUT2D eigenvalue weighted by molar-refractivity contribution is 0.0953. The van der Waals surface area contributed by atoms with Crippen LogP contribution in [0.25, 0.3) is 11.4 Å². The van der Waals surface area contributed by atoms with Crippen LogP contribution >= 0.6 is 11.8 Å². The summed E-state index contributed by atoms with van der Waals surface area (Å²) in [5, 5.41) is 19.0. The minimum absolute atomic E-state index is 0.0233. The van der Waals surface area contributed by atoms with Crippen LogP contribution in [0, 0.1) is 0 Å². The quantitative estimate of drug-likeness (QED) is 0.428. The Morgan fingerprint density at radius 2 is 1.88 bits per heavy atom. The molecule has 0 bridgehead atoms. The van der Waals surface area contributed by atoms with E-state index in [0.717, 1.165) is 25.0 Å². The summed E-state index contributed by atoms with van der Waals surface area (Å²) >= 11 is 1.35. The maximum absolute atomic E-state index is 12.8. The van der Waals surface area contributed by atoms with E-state index in [1.54, 1.807) is 42.5 Å². The number of rotatable bonds is 7. The second-order valence-electron chi connectivity index (χ2n) is 7.67. The summed E-state index contributed by atoms with van der Waals surface area (Å²) in [4.78, 5) is 12.8. The van der Waals surface area contributed by atoms with Gasteiger partial charge in [0, 0.05) is 17.7 Å². The van der Waals surface area contributed by atoms with Crippen molar-refractivity contribution >= 4 is 17.5 Å². The zero-order valence-electron chi connectivity index (χ0n) is 17.4. The zero-order chi connectivity index (χ0) is 21.9. The molecule has 1 atom stereocenters. The highest BCUT2D eigenvalue weighted by Crippen LogP contribution is 2.32. The van der Waals surface area contributed by atoms with Crippen LogP contribution in [0.1, 0.15) is 23.2 Å². The van der Waals surface area contributed by atoms with Crippen molar-refractivity contribution in [1.82, 2.24) is 14.8 Å². The number of nitrogens with zero attached hydrogens (tertiary/aromatic N) is 3. The van der Waals surface area contributed by atoms with Crippen molar-refractivity contribution in [3.8, 4) is 28.6 Å². The number of thioether (sulfide) groups is 1. The van der Waals surface area contributed by atoms with Crippen molar-refractivity contribution < 1.29 is 24.1 Å². The smallest absolute Gasteiger partial charge is 0.192 e. The largest absolute Gasteiger partial charge is 0.508 e. The molecule has 0 aliphatic carbocycles. The van der Waals surface area contributed by atoms with Gasteiger partial charge >= 0.3 is 0 Å². The van der Waals surface area contributed by atoms with E-state index in [9.17, 15) is 9.90 Å². The predicted molar refractivity (Wildman–Crippen MR) is 119 cm³/mol. The first-order chi connectivity index (χ1) is 15.7. The van der Waals surface area contributed by atoms with Crippen LogP contribution in [0.15, 0.2) is 47.6 Å². The number of carbonyl (C=O) groups is 1. The molecular weight excluding hydrogens is 430 g/mol. The van der Waals surface area contributed by atoms with Gasteiger partial charge in [0.2, 0.25) is 0 Å². The van der Waals surface area contributed by atoms with Crippen molar-refractivity contribution in [2.24, 2.45) is 0 Å². The van der Waals surface area contributed by atoms with E-state index in [-0.39, 0.29) is 23.4 Å². The van der Waals surface area contributed by atoms with E-state index in [2.05, 4.69) is 10.2 Å². The molecule has 3 aromatic rings. The van der Waals surface area contributed by atoms with E-state index in [1.807, 2.05) is 4.57 Å². The molecule has 0 saturated carbocycles. The van der Waals surface area contributed by atoms with E-state index >= 15 is 0 Å². The van der Waals surface area contributed by atoms with Gasteiger partial charge in [0.05, 0.1) is 18.4 Å². The summed E-state index contributed by atoms with van der Waals surface area (Å²) in [6.45, 7) is 2.36. The molecule has 1 N–H and O–H groups in total. The standard InChI is InChI=1S/C23H23N3O5S/c27-17-6-3-15(4-7-17)22-24-25-23(26(22)13-18-2-1-9-29-18)32-14-19(28)16-5-8-20-21(12-16)31-11-10-30-20/h3-8,12,18,27H,1-2,9-11,13-14H2/t18-/m0/s1. The highest BCUT2D eigenvalue weighted by Gasteiger charge is 2.23. The van der Waals surface area contributed by atoms with Crippen molar-refractivity contribution in [3.05, 3.63) is 48.0 Å². The normalized spacial score (nSPS) is 17.4. The number of aromatic nitrogens is 3. The summed E-state index contributed by atoms with van der Waals surface area (Å²) in [5.74, 6) is 2.34. The van der Waals surface area contributed by atoms with Gasteiger partial charge < -0.3 is 19.3 Å². The Bertz CT molecular complexity index is 1110. The van der Waals surface area contributed by atoms with E-state index in [0.29, 0.717) is 47.8 Å². The second-order valence-corrected chi connectivity index (χ2v) is 8.61. The second kappa shape index (κ2) is 9.22. The third-order valence-corrected chi connectivity index (χ3v) is 6.42. The number of benzene rings is 2. The number of Topliss-reactive ketones (excluding diaryl/α,β-unsaturated/α-hetero) is 1. The number of aromatic hydroxyl groups is 1. The lowest BCUT2D eigenvalue weighted by Crippen LogP contribution is -2.17. The summed E-state index contributed by atoms with van der Waals surface area (Å²) in [7, 11) is 0. The van der Waals surface area contributed by atoms with Gasteiger partial charge in [-0.15, -0.1) is 10.2 Å². The lowest BCUT2D eigenvalue weighted by Gasteiger charge is -2.18. The number of hydrogen-bond acceptors (Lipinski definition) is 8. The minimum Gasteiger partial charge on any atom is -0.508 e. The highest BCUT2D eigenvalue weighted by molar-refractivity contribution is 7.99. The number of ether oxygens (including phenoxy) is 3. The summed E-state index contributed by atoms with van der Waals surface area (Å²) < 4.78 is 18.9. The van der Waals surface area contributed by atoms with Gasteiger partial charge in [-0.25, -0.2) is 0 Å². The fraction of sp³-hybridized carbons (Fsp3) is 0.348. The van der Waals surface area contributed by atoms with Gasteiger partial charge in [-0.05, 0) is 55.3 Å². The Morgan fingerprint density at radius 1 is 1.06 bits per heavy atom. The van der Waals surface area contributed by atoms with Gasteiger partial charge in [0.25, 0.3) is 0 Å². The van der Waals surface area contributed by atoms with E-state index < -0.39 is 0 Å². The van der Waals surface area contributed by atoms with Gasteiger partial charge in [0.15, 0.2) is 28.3 Å². The first-order valence-electron chi connectivity index (χ1n) is 10.6. The molecule has 1 aromatic heterocycles. The van der Waals surface area contributed by atoms with Gasteiger partial charge in [-0.1, -0.05) is 11.8 Å². The van der Waals surface area contributed by atoms with Crippen LogP contribution in [0.5, 0.6) is 17.2 Å². The van der Waals surface area contributed by atoms with Crippen LogP contribution in [0.3, 0.4) is 0 Å². The Labute approximate surface area is 189 Å². The van der Waals surface area contributed by atoms with Crippen molar-refractivity contribution in [2.75, 3.05) is 25.6 Å². The molecule has 9 heteroatoms. The molecule has 0 unspecified atom stereocenters. The van der Waals surface area contributed by atoms with E-state index in [4.69, 9.17) is 14.2 Å². The predicted octanol–water partition coefficient (Wildman–Crippen LogP) is 3.58. The lowest BCUT2D eigenvalue weighted by atomic mass is 10.1. The van der Waals surface area contributed by atoms with Crippen LogP contribution in [-0.2, 0) is 11.3 Å². The molecule has 1 fully saturated rings. The minimum atomic E-state index is -0.0233. The van der Waals surface area contributed by atoms with Crippen molar-refractivity contribution in [1.29, 1.82) is 0 Å². The van der Waals surface area contributed by atoms with Crippen molar-refractivity contribution in [3.63, 3.8) is 0 Å². The number of fused-ring (bicyclic) bond motifs is 1. The molecule has 0 radical (unpaired) electrons. The number of carbonyl (C=O) groups excluding carboxylic acids is 1. The molecule has 2 aliphatic heterocycles. The maximum atomic E-state index is 12.8. The fourth-order valence-electron chi connectivity index (χ4n) is 3.81. The molecule has 3 heterocycles. The zero-order valence-corrected chi connectivity index (χ0v) is 18.2. The topological polar surface area (TPSA) is 95.7 Å². The maximum Gasteiger partial charge on any atom is 0.192 e. The third-order valence-electron chi connectivity index (χ3n) is 5.45. The molecule has 0 amide bonds. The number of ketones is 1. The molecule has 32 heavy (non-hydrogen) atoms. The van der Waals surface area contributed by atoms with Crippen LogP contribution in [0.4, 0.5) is 0 Å². The molecule has 2 aromatic carbocycles. The number of phenolic OH excluding ortho intramolecular Hbond substituents is 1. The average molecular weight is 454 g/mol. The third kappa shape index (κ3) is 4.44. The Kier molecular flexibility index (Phi) is 6.00. The average Bonchev–Trinajstić information content (AvgIpc) is 3.48. The molecule has 1 saturated heterocycles. The Balaban J connectivity index is 1.35. The molecular formula is C23H23N3O5S. The summed E-state index contributed by atoms with van der Waals surface area (Å²) in [6, 6.07) is 12.1. The van der Waals surface area contributed by atoms with E-state index in [1.165, 1.54) is 11.8 Å². The molecule has 166 valence electrons. The monoisotopic (exact) mass is 453 g/mol. The van der Waals surface area contributed by atoms with Crippen LogP contribution < -0.4 is 9.47 Å². The van der Waals surface area contributed by atoms with Gasteiger partial charge in [0.1, 0.15) is 19.0 Å². The van der Waals surface area contributed by atoms with Gasteiger partial charge in [-0.2, -0.15) is 0 Å². The van der Waals surface area contributed by atoms with Crippen LogP contribution in [-0.4, -0.2) is 57.3 Å². The summed E-state index contributed by atoms with van der Waals surface area (Å²) in [6.07, 6.45) is 2.11.